The van der Waals surface area contributed by atoms with Crippen LogP contribution in [0, 0.1) is 11.7 Å². The van der Waals surface area contributed by atoms with Crippen LogP contribution in [-0.4, -0.2) is 61.4 Å². The van der Waals surface area contributed by atoms with Crippen molar-refractivity contribution in [3.63, 3.8) is 0 Å². The van der Waals surface area contributed by atoms with Crippen molar-refractivity contribution in [1.29, 1.82) is 0 Å². The highest BCUT2D eigenvalue weighted by Crippen LogP contribution is 2.30. The Morgan fingerprint density at radius 1 is 1.25 bits per heavy atom. The molecule has 1 fully saturated rings. The third-order valence-electron chi connectivity index (χ3n) is 5.60. The van der Waals surface area contributed by atoms with Gasteiger partial charge in [-0.15, -0.1) is 0 Å². The van der Waals surface area contributed by atoms with E-state index in [9.17, 15) is 22.4 Å². The summed E-state index contributed by atoms with van der Waals surface area (Å²) < 4.78 is 45.0. The molecule has 1 aromatic carbocycles. The lowest BCUT2D eigenvalue weighted by Gasteiger charge is -2.31. The van der Waals surface area contributed by atoms with Crippen LogP contribution in [0.25, 0.3) is 0 Å². The quantitative estimate of drug-likeness (QED) is 0.717. The smallest absolute Gasteiger partial charge is 0.409 e. The third-order valence-corrected chi connectivity index (χ3v) is 8.48. The highest BCUT2D eigenvalue weighted by atomic mass is 32.2. The first-order chi connectivity index (χ1) is 15.3. The number of anilines is 1. The van der Waals surface area contributed by atoms with E-state index < -0.39 is 27.9 Å². The summed E-state index contributed by atoms with van der Waals surface area (Å²) in [5, 5.41) is 3.24. The fourth-order valence-corrected chi connectivity index (χ4v) is 6.42. The molecule has 0 spiro atoms. The van der Waals surface area contributed by atoms with Gasteiger partial charge in [0.15, 0.2) is 5.13 Å². The van der Waals surface area contributed by atoms with Gasteiger partial charge in [-0.1, -0.05) is 11.3 Å². The van der Waals surface area contributed by atoms with Gasteiger partial charge in [-0.05, 0) is 37.1 Å². The summed E-state index contributed by atoms with van der Waals surface area (Å²) in [6.45, 7) is 1.23. The van der Waals surface area contributed by atoms with Crippen molar-refractivity contribution in [2.45, 2.75) is 30.7 Å². The monoisotopic (exact) mass is 482 g/mol. The van der Waals surface area contributed by atoms with Gasteiger partial charge in [0.25, 0.3) is 0 Å². The van der Waals surface area contributed by atoms with Gasteiger partial charge in [-0.3, -0.25) is 4.79 Å². The molecule has 3 heterocycles. The van der Waals surface area contributed by atoms with Gasteiger partial charge in [0.05, 0.1) is 30.2 Å². The Bertz CT molecular complexity index is 1120. The van der Waals surface area contributed by atoms with Crippen molar-refractivity contribution in [3.8, 4) is 0 Å². The number of benzene rings is 1. The molecule has 12 heteroatoms. The molecule has 1 N–H and O–H groups in total. The predicted octanol–water partition coefficient (Wildman–Crippen LogP) is 2.45. The van der Waals surface area contributed by atoms with E-state index in [4.69, 9.17) is 4.74 Å². The topological polar surface area (TPSA) is 109 Å². The van der Waals surface area contributed by atoms with Gasteiger partial charge in [0, 0.05) is 30.9 Å². The summed E-state index contributed by atoms with van der Waals surface area (Å²) in [6, 6.07) is 4.66. The Hall–Kier alpha value is -2.57. The molecule has 1 saturated heterocycles. The maximum Gasteiger partial charge on any atom is 0.409 e. The first kappa shape index (κ1) is 22.6. The van der Waals surface area contributed by atoms with Crippen molar-refractivity contribution < 1.29 is 27.1 Å². The number of hydrogen-bond donors (Lipinski definition) is 1. The molecule has 172 valence electrons. The molecule has 9 nitrogen and oxygen atoms in total. The molecule has 0 aliphatic carbocycles. The number of piperidine rings is 1. The standard InChI is InChI=1S/C20H23FN4O5S2/c1-30-20(27)24-10-8-16-17(12-24)31-19(22-16)23-18(26)13-3-2-9-25(11-13)32(28,29)15-6-4-14(21)5-7-15/h4-7,13H,2-3,8-12H2,1H3,(H,22,23,26). The molecule has 0 bridgehead atoms. The van der Waals surface area contributed by atoms with E-state index >= 15 is 0 Å². The van der Waals surface area contributed by atoms with Crippen LogP contribution < -0.4 is 5.32 Å². The zero-order chi connectivity index (χ0) is 22.9. The minimum Gasteiger partial charge on any atom is -0.453 e. The Labute approximate surface area is 189 Å². The molecule has 1 aromatic heterocycles. The number of aromatic nitrogens is 1. The number of hydrogen-bond acceptors (Lipinski definition) is 7. The minimum atomic E-state index is -3.81. The van der Waals surface area contributed by atoms with Crippen molar-refractivity contribution >= 4 is 38.5 Å². The van der Waals surface area contributed by atoms with Crippen LogP contribution in [0.5, 0.6) is 0 Å². The number of thiazole rings is 1. The Morgan fingerprint density at radius 3 is 2.72 bits per heavy atom. The number of sulfonamides is 1. The van der Waals surface area contributed by atoms with Crippen molar-refractivity contribution in [2.75, 3.05) is 32.1 Å². The highest BCUT2D eigenvalue weighted by molar-refractivity contribution is 7.89. The number of nitrogens with zero attached hydrogens (tertiary/aromatic N) is 3. The molecule has 0 radical (unpaired) electrons. The van der Waals surface area contributed by atoms with Crippen molar-refractivity contribution in [3.05, 3.63) is 40.7 Å². The summed E-state index contributed by atoms with van der Waals surface area (Å²) in [5.41, 5.74) is 0.842. The number of methoxy groups -OCH3 is 1. The molecule has 1 atom stereocenters. The number of carbonyl (C=O) groups excluding carboxylic acids is 2. The number of fused-ring (bicyclic) bond motifs is 1. The van der Waals surface area contributed by atoms with Crippen LogP contribution in [0.4, 0.5) is 14.3 Å². The fraction of sp³-hybridized carbons (Fsp3) is 0.450. The van der Waals surface area contributed by atoms with E-state index in [0.29, 0.717) is 44.0 Å². The second-order valence-electron chi connectivity index (χ2n) is 7.68. The second-order valence-corrected chi connectivity index (χ2v) is 10.7. The van der Waals surface area contributed by atoms with Gasteiger partial charge in [0.1, 0.15) is 5.82 Å². The van der Waals surface area contributed by atoms with Crippen LogP contribution in [0.3, 0.4) is 0 Å². The molecular formula is C20H23FN4O5S2. The number of ether oxygens (including phenoxy) is 1. The number of nitrogens with one attached hydrogen (secondary N) is 1. The number of halogens is 1. The first-order valence-electron chi connectivity index (χ1n) is 10.2. The van der Waals surface area contributed by atoms with Gasteiger partial charge in [-0.25, -0.2) is 22.6 Å². The average molecular weight is 483 g/mol. The van der Waals surface area contributed by atoms with E-state index in [1.165, 1.54) is 34.9 Å². The fourth-order valence-electron chi connectivity index (χ4n) is 3.87. The summed E-state index contributed by atoms with van der Waals surface area (Å²) in [6.07, 6.45) is 1.27. The van der Waals surface area contributed by atoms with Crippen LogP contribution >= 0.6 is 11.3 Å². The van der Waals surface area contributed by atoms with E-state index in [0.717, 1.165) is 22.7 Å². The zero-order valence-corrected chi connectivity index (χ0v) is 19.0. The summed E-state index contributed by atoms with van der Waals surface area (Å²) in [7, 11) is -2.48. The van der Waals surface area contributed by atoms with Gasteiger partial charge in [-0.2, -0.15) is 4.31 Å². The second kappa shape index (κ2) is 9.12. The van der Waals surface area contributed by atoms with Crippen LogP contribution in [0.1, 0.15) is 23.4 Å². The molecule has 4 rings (SSSR count). The first-order valence-corrected chi connectivity index (χ1v) is 12.4. The zero-order valence-electron chi connectivity index (χ0n) is 17.4. The maximum absolute atomic E-state index is 13.2. The molecule has 1 unspecified atom stereocenters. The van der Waals surface area contributed by atoms with Crippen LogP contribution in [0.15, 0.2) is 29.2 Å². The minimum absolute atomic E-state index is 0.00252. The molecule has 2 aromatic rings. The van der Waals surface area contributed by atoms with E-state index in [1.54, 1.807) is 4.90 Å². The largest absolute Gasteiger partial charge is 0.453 e. The summed E-state index contributed by atoms with van der Waals surface area (Å²) in [5.74, 6) is -1.33. The molecule has 2 aliphatic rings. The average Bonchev–Trinajstić information content (AvgIpc) is 3.20. The lowest BCUT2D eigenvalue weighted by Crippen LogP contribution is -2.43. The molecule has 2 aliphatic heterocycles. The van der Waals surface area contributed by atoms with Crippen molar-refractivity contribution in [2.24, 2.45) is 5.92 Å². The SMILES string of the molecule is COC(=O)N1CCc2nc(NC(=O)C3CCCN(S(=O)(=O)c4ccc(F)cc4)C3)sc2C1. The number of amides is 2. The van der Waals surface area contributed by atoms with E-state index in [1.807, 2.05) is 0 Å². The summed E-state index contributed by atoms with van der Waals surface area (Å²) in [4.78, 5) is 31.5. The summed E-state index contributed by atoms with van der Waals surface area (Å²) >= 11 is 1.30. The molecule has 32 heavy (non-hydrogen) atoms. The lowest BCUT2D eigenvalue weighted by atomic mass is 9.99. The molecular weight excluding hydrogens is 459 g/mol. The molecule has 2 amide bonds. The van der Waals surface area contributed by atoms with Crippen LogP contribution in [0.2, 0.25) is 0 Å². The lowest BCUT2D eigenvalue weighted by molar-refractivity contribution is -0.120. The van der Waals surface area contributed by atoms with Crippen molar-refractivity contribution in [1.82, 2.24) is 14.2 Å². The third kappa shape index (κ3) is 4.62. The predicted molar refractivity (Wildman–Crippen MR) is 115 cm³/mol. The highest BCUT2D eigenvalue weighted by Gasteiger charge is 2.34. The molecule has 0 saturated carbocycles. The van der Waals surface area contributed by atoms with Gasteiger partial charge >= 0.3 is 6.09 Å². The number of carbonyl (C=O) groups is 2. The Morgan fingerprint density at radius 2 is 2.00 bits per heavy atom. The van der Waals surface area contributed by atoms with Crippen LogP contribution in [-0.2, 0) is 32.5 Å². The Balaban J connectivity index is 1.42. The van der Waals surface area contributed by atoms with E-state index in [-0.39, 0.29) is 17.3 Å². The van der Waals surface area contributed by atoms with E-state index in [2.05, 4.69) is 10.3 Å². The maximum atomic E-state index is 13.2. The van der Waals surface area contributed by atoms with Gasteiger partial charge < -0.3 is 15.0 Å². The normalized spacial score (nSPS) is 19.3. The number of rotatable bonds is 4. The Kier molecular flexibility index (Phi) is 6.45. The van der Waals surface area contributed by atoms with Gasteiger partial charge in [0.2, 0.25) is 15.9 Å².